The number of ether oxygens (including phenoxy) is 2. The summed E-state index contributed by atoms with van der Waals surface area (Å²) in [6, 6.07) is 17.5. The molecule has 0 amide bonds. The molecule has 2 aromatic carbocycles. The molecule has 0 radical (unpaired) electrons. The van der Waals surface area contributed by atoms with E-state index in [0.29, 0.717) is 24.0 Å². The first-order valence-electron chi connectivity index (χ1n) is 9.20. The van der Waals surface area contributed by atoms with Crippen LogP contribution < -0.4 is 9.47 Å². The van der Waals surface area contributed by atoms with Crippen molar-refractivity contribution in [3.63, 3.8) is 0 Å². The van der Waals surface area contributed by atoms with E-state index in [0.717, 1.165) is 28.3 Å². The van der Waals surface area contributed by atoms with E-state index in [1.54, 1.807) is 0 Å². The summed E-state index contributed by atoms with van der Waals surface area (Å²) in [5.74, 6) is 0.607. The van der Waals surface area contributed by atoms with Gasteiger partial charge >= 0.3 is 0 Å². The van der Waals surface area contributed by atoms with Crippen LogP contribution in [0.2, 0.25) is 0 Å². The lowest BCUT2D eigenvalue weighted by molar-refractivity contribution is -0.116. The lowest BCUT2D eigenvalue weighted by Crippen LogP contribution is -2.13. The molecular weight excluding hydrogens is 404 g/mol. The molecule has 7 heteroatoms. The van der Waals surface area contributed by atoms with Crippen molar-refractivity contribution in [1.82, 2.24) is 4.98 Å². The monoisotopic (exact) mass is 422 g/mol. The van der Waals surface area contributed by atoms with Crippen LogP contribution in [0.15, 0.2) is 58.8 Å². The summed E-state index contributed by atoms with van der Waals surface area (Å²) in [6.45, 7) is 1.25. The Kier molecular flexibility index (Phi) is 6.13. The van der Waals surface area contributed by atoms with E-state index in [9.17, 15) is 10.1 Å². The Morgan fingerprint density at radius 2 is 1.97 bits per heavy atom. The lowest BCUT2D eigenvalue weighted by Gasteiger charge is -2.09. The fraction of sp³-hybridized carbons (Fsp3) is 0.227. The third kappa shape index (κ3) is 4.61. The second-order valence-corrected chi connectivity index (χ2v) is 8.35. The first-order chi connectivity index (χ1) is 14.2. The predicted molar refractivity (Wildman–Crippen MR) is 114 cm³/mol. The summed E-state index contributed by atoms with van der Waals surface area (Å²) < 4.78 is 11.3. The molecule has 0 bridgehead atoms. The lowest BCUT2D eigenvalue weighted by atomic mass is 10.1. The van der Waals surface area contributed by atoms with Gasteiger partial charge in [0, 0.05) is 22.3 Å². The highest BCUT2D eigenvalue weighted by Gasteiger charge is 2.24. The van der Waals surface area contributed by atoms with Crippen LogP contribution in [0.5, 0.6) is 11.5 Å². The molecule has 0 N–H and O–H groups in total. The highest BCUT2D eigenvalue weighted by Crippen LogP contribution is 2.35. The quantitative estimate of drug-likeness (QED) is 0.524. The van der Waals surface area contributed by atoms with Gasteiger partial charge in [0.2, 0.25) is 0 Å². The van der Waals surface area contributed by atoms with E-state index in [1.807, 2.05) is 53.9 Å². The summed E-state index contributed by atoms with van der Waals surface area (Å²) in [7, 11) is 0. The highest BCUT2D eigenvalue weighted by atomic mass is 32.2. The van der Waals surface area contributed by atoms with Crippen molar-refractivity contribution < 1.29 is 14.3 Å². The SMILES string of the molecule is N#CC(C(=O)CSc1ccc2c(c1)OCCCO2)c1nc(-c2ccccc2)cs1. The molecule has 4 rings (SSSR count). The maximum Gasteiger partial charge on any atom is 0.167 e. The van der Waals surface area contributed by atoms with E-state index in [4.69, 9.17) is 9.47 Å². The number of thioether (sulfide) groups is 1. The van der Waals surface area contributed by atoms with Crippen LogP contribution in [0, 0.1) is 11.3 Å². The Morgan fingerprint density at radius 1 is 1.17 bits per heavy atom. The molecule has 29 heavy (non-hydrogen) atoms. The smallest absolute Gasteiger partial charge is 0.167 e. The number of benzene rings is 2. The van der Waals surface area contributed by atoms with Crippen molar-refractivity contribution in [2.24, 2.45) is 0 Å². The van der Waals surface area contributed by atoms with Crippen molar-refractivity contribution in [1.29, 1.82) is 5.26 Å². The maximum atomic E-state index is 12.7. The number of hydrogen-bond acceptors (Lipinski definition) is 7. The van der Waals surface area contributed by atoms with Gasteiger partial charge in [-0.2, -0.15) is 5.26 Å². The van der Waals surface area contributed by atoms with E-state index < -0.39 is 5.92 Å². The average molecular weight is 423 g/mol. The van der Waals surface area contributed by atoms with E-state index in [2.05, 4.69) is 11.1 Å². The zero-order chi connectivity index (χ0) is 20.1. The topological polar surface area (TPSA) is 72.2 Å². The van der Waals surface area contributed by atoms with E-state index in [-0.39, 0.29) is 11.5 Å². The number of aromatic nitrogens is 1. The van der Waals surface area contributed by atoms with Gasteiger partial charge in [0.1, 0.15) is 5.01 Å². The van der Waals surface area contributed by atoms with E-state index >= 15 is 0 Å². The third-order valence-electron chi connectivity index (χ3n) is 4.39. The zero-order valence-electron chi connectivity index (χ0n) is 15.5. The van der Waals surface area contributed by atoms with Crippen LogP contribution in [0.1, 0.15) is 17.3 Å². The summed E-state index contributed by atoms with van der Waals surface area (Å²) in [5, 5.41) is 12.0. The summed E-state index contributed by atoms with van der Waals surface area (Å²) >= 11 is 2.74. The molecule has 0 saturated carbocycles. The summed E-state index contributed by atoms with van der Waals surface area (Å²) in [6.07, 6.45) is 0.846. The molecule has 0 spiro atoms. The van der Waals surface area contributed by atoms with Crippen molar-refractivity contribution in [2.45, 2.75) is 17.2 Å². The Labute approximate surface area is 177 Å². The summed E-state index contributed by atoms with van der Waals surface area (Å²) in [5.41, 5.74) is 1.76. The molecule has 1 aliphatic rings. The molecule has 1 unspecified atom stereocenters. The molecule has 1 aromatic heterocycles. The molecule has 5 nitrogen and oxygen atoms in total. The van der Waals surface area contributed by atoms with Crippen molar-refractivity contribution in [3.8, 4) is 28.8 Å². The largest absolute Gasteiger partial charge is 0.490 e. The fourth-order valence-electron chi connectivity index (χ4n) is 2.90. The Balaban J connectivity index is 1.43. The van der Waals surface area contributed by atoms with Gasteiger partial charge in [0.25, 0.3) is 0 Å². The van der Waals surface area contributed by atoms with Gasteiger partial charge in [-0.3, -0.25) is 4.79 Å². The molecule has 2 heterocycles. The first kappa shape index (κ1) is 19.5. The molecule has 1 atom stereocenters. The summed E-state index contributed by atoms with van der Waals surface area (Å²) in [4.78, 5) is 18.1. The first-order valence-corrected chi connectivity index (χ1v) is 11.1. The van der Waals surface area contributed by atoms with Crippen molar-refractivity contribution in [3.05, 3.63) is 58.9 Å². The normalized spacial score (nSPS) is 13.9. The number of fused-ring (bicyclic) bond motifs is 1. The van der Waals surface area contributed by atoms with Gasteiger partial charge in [0.15, 0.2) is 23.2 Å². The number of nitrogens with zero attached hydrogens (tertiary/aromatic N) is 2. The second kappa shape index (κ2) is 9.12. The Bertz CT molecular complexity index is 1040. The van der Waals surface area contributed by atoms with Gasteiger partial charge in [-0.15, -0.1) is 23.1 Å². The number of rotatable bonds is 6. The minimum Gasteiger partial charge on any atom is -0.490 e. The molecule has 1 aliphatic heterocycles. The highest BCUT2D eigenvalue weighted by molar-refractivity contribution is 8.00. The Morgan fingerprint density at radius 3 is 2.76 bits per heavy atom. The predicted octanol–water partition coefficient (Wildman–Crippen LogP) is 4.94. The number of nitriles is 1. The third-order valence-corrected chi connectivity index (χ3v) is 6.32. The molecule has 0 aliphatic carbocycles. The van der Waals surface area contributed by atoms with Crippen molar-refractivity contribution in [2.75, 3.05) is 19.0 Å². The second-order valence-electron chi connectivity index (χ2n) is 6.41. The molecule has 0 fully saturated rings. The number of thiazole rings is 1. The van der Waals surface area contributed by atoms with Gasteiger partial charge < -0.3 is 9.47 Å². The van der Waals surface area contributed by atoms with Crippen LogP contribution in [0.3, 0.4) is 0 Å². The van der Waals surface area contributed by atoms with Gasteiger partial charge in [-0.05, 0) is 18.2 Å². The minimum absolute atomic E-state index is 0.154. The maximum absolute atomic E-state index is 12.7. The average Bonchev–Trinajstić information content (AvgIpc) is 3.12. The number of hydrogen-bond donors (Lipinski definition) is 0. The van der Waals surface area contributed by atoms with Crippen LogP contribution in [-0.4, -0.2) is 29.7 Å². The zero-order valence-corrected chi connectivity index (χ0v) is 17.2. The van der Waals surface area contributed by atoms with Crippen LogP contribution in [0.25, 0.3) is 11.3 Å². The molecule has 3 aromatic rings. The Hall–Kier alpha value is -2.82. The van der Waals surface area contributed by atoms with E-state index in [1.165, 1.54) is 23.1 Å². The minimum atomic E-state index is -0.856. The fourth-order valence-corrected chi connectivity index (χ4v) is 4.62. The van der Waals surface area contributed by atoms with Gasteiger partial charge in [-0.1, -0.05) is 30.3 Å². The molecule has 146 valence electrons. The molecule has 0 saturated heterocycles. The van der Waals surface area contributed by atoms with Gasteiger partial charge in [-0.25, -0.2) is 4.98 Å². The van der Waals surface area contributed by atoms with Crippen LogP contribution >= 0.6 is 23.1 Å². The van der Waals surface area contributed by atoms with Crippen LogP contribution in [-0.2, 0) is 4.79 Å². The van der Waals surface area contributed by atoms with Crippen LogP contribution in [0.4, 0.5) is 0 Å². The standard InChI is InChI=1S/C22H18N2O3S2/c23-12-17(22-24-18(13-29-22)15-5-2-1-3-6-15)19(25)14-28-16-7-8-20-21(11-16)27-10-4-9-26-20/h1-3,5-8,11,13,17H,4,9-10,14H2. The number of carbonyl (C=O) groups excluding carboxylic acids is 1. The van der Waals surface area contributed by atoms with Crippen molar-refractivity contribution >= 4 is 28.9 Å². The number of ketones is 1. The van der Waals surface area contributed by atoms with Gasteiger partial charge in [0.05, 0.1) is 30.7 Å². The number of carbonyl (C=O) groups is 1. The number of Topliss-reactive ketones (excluding diaryl/α,β-unsaturated/α-hetero) is 1. The molecular formula is C22H18N2O3S2.